The Bertz CT molecular complexity index is 334. The van der Waals surface area contributed by atoms with Crippen molar-refractivity contribution in [3.63, 3.8) is 0 Å². The summed E-state index contributed by atoms with van der Waals surface area (Å²) in [6, 6.07) is 1.83. The van der Waals surface area contributed by atoms with Gasteiger partial charge in [-0.15, -0.1) is 0 Å². The van der Waals surface area contributed by atoms with Crippen LogP contribution in [-0.4, -0.2) is 30.3 Å². The second kappa shape index (κ2) is 6.30. The molecule has 1 atom stereocenters. The van der Waals surface area contributed by atoms with Crippen LogP contribution in [0.3, 0.4) is 0 Å². The smallest absolute Gasteiger partial charge is 0.372 e. The molecule has 0 aliphatic carbocycles. The van der Waals surface area contributed by atoms with E-state index in [-0.39, 0.29) is 11.8 Å². The molecule has 1 heterocycles. The number of hydrogen-bond acceptors (Lipinski definition) is 4. The molecule has 0 radical (unpaired) electrons. The SMILES string of the molecule is CCOCC(C)NCc1ccoc1C(=O)O. The lowest BCUT2D eigenvalue weighted by molar-refractivity contribution is 0.0660. The average Bonchev–Trinajstić information content (AvgIpc) is 2.71. The zero-order chi connectivity index (χ0) is 12.0. The van der Waals surface area contributed by atoms with E-state index in [0.717, 1.165) is 0 Å². The summed E-state index contributed by atoms with van der Waals surface area (Å²) >= 11 is 0. The maximum atomic E-state index is 10.8. The standard InChI is InChI=1S/C11H17NO4/c1-3-15-7-8(2)12-6-9-4-5-16-10(9)11(13)14/h4-5,8,12H,3,6-7H2,1-2H3,(H,13,14). The van der Waals surface area contributed by atoms with Gasteiger partial charge in [0.1, 0.15) is 0 Å². The zero-order valence-corrected chi connectivity index (χ0v) is 9.53. The maximum Gasteiger partial charge on any atom is 0.372 e. The number of hydrogen-bond donors (Lipinski definition) is 2. The highest BCUT2D eigenvalue weighted by atomic mass is 16.5. The van der Waals surface area contributed by atoms with Gasteiger partial charge >= 0.3 is 5.97 Å². The molecule has 0 saturated heterocycles. The second-order valence-electron chi connectivity index (χ2n) is 3.52. The Morgan fingerprint density at radius 1 is 1.69 bits per heavy atom. The molecule has 1 unspecified atom stereocenters. The van der Waals surface area contributed by atoms with Crippen LogP contribution in [0.1, 0.15) is 30.0 Å². The molecule has 5 heteroatoms. The highest BCUT2D eigenvalue weighted by Gasteiger charge is 2.14. The number of rotatable bonds is 7. The van der Waals surface area contributed by atoms with Crippen molar-refractivity contribution in [2.24, 2.45) is 0 Å². The van der Waals surface area contributed by atoms with Crippen molar-refractivity contribution in [1.29, 1.82) is 0 Å². The number of carbonyl (C=O) groups is 1. The van der Waals surface area contributed by atoms with E-state index in [9.17, 15) is 4.79 Å². The van der Waals surface area contributed by atoms with Crippen molar-refractivity contribution in [2.75, 3.05) is 13.2 Å². The predicted molar refractivity (Wildman–Crippen MR) is 58.5 cm³/mol. The molecule has 0 fully saturated rings. The van der Waals surface area contributed by atoms with Crippen LogP contribution in [0.5, 0.6) is 0 Å². The molecule has 0 aliphatic heterocycles. The fourth-order valence-electron chi connectivity index (χ4n) is 1.30. The molecule has 0 spiro atoms. The fourth-order valence-corrected chi connectivity index (χ4v) is 1.30. The molecule has 1 rings (SSSR count). The second-order valence-corrected chi connectivity index (χ2v) is 3.52. The van der Waals surface area contributed by atoms with E-state index < -0.39 is 5.97 Å². The van der Waals surface area contributed by atoms with Gasteiger partial charge in [0.15, 0.2) is 0 Å². The van der Waals surface area contributed by atoms with Crippen molar-refractivity contribution in [3.8, 4) is 0 Å². The Morgan fingerprint density at radius 2 is 2.44 bits per heavy atom. The molecule has 0 saturated carbocycles. The summed E-state index contributed by atoms with van der Waals surface area (Å²) in [5.74, 6) is -1.05. The van der Waals surface area contributed by atoms with Crippen LogP contribution in [-0.2, 0) is 11.3 Å². The number of ether oxygens (including phenoxy) is 1. The number of carboxylic acid groups (broad SMARTS) is 1. The third-order valence-electron chi connectivity index (χ3n) is 2.15. The van der Waals surface area contributed by atoms with Crippen LogP contribution in [0.25, 0.3) is 0 Å². The van der Waals surface area contributed by atoms with Gasteiger partial charge in [0, 0.05) is 24.8 Å². The molecule has 0 aliphatic rings. The van der Waals surface area contributed by atoms with Crippen LogP contribution in [0.4, 0.5) is 0 Å². The van der Waals surface area contributed by atoms with Crippen molar-refractivity contribution in [2.45, 2.75) is 26.4 Å². The van der Waals surface area contributed by atoms with Gasteiger partial charge in [-0.2, -0.15) is 0 Å². The largest absolute Gasteiger partial charge is 0.475 e. The van der Waals surface area contributed by atoms with Crippen molar-refractivity contribution in [3.05, 3.63) is 23.7 Å². The Kier molecular flexibility index (Phi) is 5.01. The first-order valence-electron chi connectivity index (χ1n) is 5.26. The molecule has 0 aromatic carbocycles. The summed E-state index contributed by atoms with van der Waals surface area (Å²) in [6.07, 6.45) is 1.38. The fraction of sp³-hybridized carbons (Fsp3) is 0.545. The molecule has 2 N–H and O–H groups in total. The van der Waals surface area contributed by atoms with E-state index in [1.165, 1.54) is 6.26 Å². The summed E-state index contributed by atoms with van der Waals surface area (Å²) in [7, 11) is 0. The lowest BCUT2D eigenvalue weighted by Crippen LogP contribution is -2.30. The molecule has 0 amide bonds. The molecule has 0 bridgehead atoms. The van der Waals surface area contributed by atoms with Crippen LogP contribution in [0, 0.1) is 0 Å². The topological polar surface area (TPSA) is 71.7 Å². The van der Waals surface area contributed by atoms with Gasteiger partial charge < -0.3 is 19.6 Å². The molecular weight excluding hydrogens is 210 g/mol. The van der Waals surface area contributed by atoms with Gasteiger partial charge in [0.05, 0.1) is 12.9 Å². The van der Waals surface area contributed by atoms with Crippen LogP contribution < -0.4 is 5.32 Å². The van der Waals surface area contributed by atoms with E-state index >= 15 is 0 Å². The van der Waals surface area contributed by atoms with Gasteiger partial charge in [0.2, 0.25) is 5.76 Å². The number of aromatic carboxylic acids is 1. The van der Waals surface area contributed by atoms with E-state index in [4.69, 9.17) is 14.3 Å². The monoisotopic (exact) mass is 227 g/mol. The van der Waals surface area contributed by atoms with Crippen LogP contribution in [0.2, 0.25) is 0 Å². The first-order valence-corrected chi connectivity index (χ1v) is 5.26. The van der Waals surface area contributed by atoms with E-state index in [2.05, 4.69) is 5.32 Å². The Hall–Kier alpha value is -1.33. The number of furan rings is 1. The highest BCUT2D eigenvalue weighted by molar-refractivity contribution is 5.86. The molecule has 1 aromatic heterocycles. The number of nitrogens with one attached hydrogen (secondary N) is 1. The summed E-state index contributed by atoms with van der Waals surface area (Å²) < 4.78 is 10.1. The van der Waals surface area contributed by atoms with Crippen molar-refractivity contribution < 1.29 is 19.1 Å². The molecule has 90 valence electrons. The minimum Gasteiger partial charge on any atom is -0.475 e. The van der Waals surface area contributed by atoms with Gasteiger partial charge in [-0.3, -0.25) is 0 Å². The summed E-state index contributed by atoms with van der Waals surface area (Å²) in [6.45, 7) is 5.67. The van der Waals surface area contributed by atoms with E-state index in [1.54, 1.807) is 6.07 Å². The minimum absolute atomic E-state index is 0.00360. The quantitative estimate of drug-likeness (QED) is 0.738. The van der Waals surface area contributed by atoms with Gasteiger partial charge in [-0.1, -0.05) is 0 Å². The Morgan fingerprint density at radius 3 is 3.06 bits per heavy atom. The van der Waals surface area contributed by atoms with E-state index in [0.29, 0.717) is 25.3 Å². The van der Waals surface area contributed by atoms with Gasteiger partial charge in [0.25, 0.3) is 0 Å². The lowest BCUT2D eigenvalue weighted by Gasteiger charge is -2.12. The first kappa shape index (κ1) is 12.7. The highest BCUT2D eigenvalue weighted by Crippen LogP contribution is 2.10. The van der Waals surface area contributed by atoms with Crippen LogP contribution in [0.15, 0.2) is 16.7 Å². The molecule has 5 nitrogen and oxygen atoms in total. The van der Waals surface area contributed by atoms with Crippen molar-refractivity contribution >= 4 is 5.97 Å². The minimum atomic E-state index is -1.04. The van der Waals surface area contributed by atoms with Gasteiger partial charge in [-0.05, 0) is 19.9 Å². The Labute approximate surface area is 94.4 Å². The Balaban J connectivity index is 2.42. The molecule has 1 aromatic rings. The predicted octanol–water partition coefficient (Wildman–Crippen LogP) is 1.49. The third-order valence-corrected chi connectivity index (χ3v) is 2.15. The van der Waals surface area contributed by atoms with Gasteiger partial charge in [-0.25, -0.2) is 4.79 Å². The maximum absolute atomic E-state index is 10.8. The first-order chi connectivity index (χ1) is 7.65. The summed E-state index contributed by atoms with van der Waals surface area (Å²) in [5.41, 5.74) is 0.649. The summed E-state index contributed by atoms with van der Waals surface area (Å²) in [4.78, 5) is 10.8. The number of carboxylic acids is 1. The lowest BCUT2D eigenvalue weighted by atomic mass is 10.2. The molecular formula is C11H17NO4. The molecule has 16 heavy (non-hydrogen) atoms. The van der Waals surface area contributed by atoms with Crippen molar-refractivity contribution in [1.82, 2.24) is 5.32 Å². The third kappa shape index (κ3) is 3.67. The normalized spacial score (nSPS) is 12.6. The van der Waals surface area contributed by atoms with E-state index in [1.807, 2.05) is 13.8 Å². The summed E-state index contributed by atoms with van der Waals surface area (Å²) in [5, 5.41) is 12.0. The average molecular weight is 227 g/mol. The van der Waals surface area contributed by atoms with Crippen LogP contribution >= 0.6 is 0 Å². The zero-order valence-electron chi connectivity index (χ0n) is 9.53.